The Hall–Kier alpha value is -4.22. The SMILES string of the molecule is Cc1nn(Cc2ccn(C(C)C)n2)c2cccc(NC(=O)c3cnc4cc(OCCN5CCN(C(C)C)CC5)ccn34)c12. The number of aryl methyl sites for hydroxylation is 1. The number of pyridine rings is 1. The van der Waals surface area contributed by atoms with Crippen molar-refractivity contribution in [2.45, 2.75) is 53.2 Å². The number of hydrogen-bond acceptors (Lipinski definition) is 7. The van der Waals surface area contributed by atoms with Crippen molar-refractivity contribution in [3.63, 3.8) is 0 Å². The van der Waals surface area contributed by atoms with Gasteiger partial charge >= 0.3 is 0 Å². The van der Waals surface area contributed by atoms with Crippen molar-refractivity contribution < 1.29 is 9.53 Å². The number of nitrogens with one attached hydrogen (secondary N) is 1. The standard InChI is InChI=1S/C32H41N9O2/c1-22(2)38-15-13-37(14-16-38)17-18-43-26-10-11-39-29(20-33-30(39)19-26)32(42)34-27-7-6-8-28-31(27)24(5)35-41(28)21-25-9-12-40(36-25)23(3)4/h6-12,19-20,22-23H,13-18,21H2,1-5H3,(H,34,42). The number of anilines is 1. The third-order valence-corrected chi connectivity index (χ3v) is 8.24. The molecule has 1 saturated heterocycles. The summed E-state index contributed by atoms with van der Waals surface area (Å²) in [7, 11) is 0. The van der Waals surface area contributed by atoms with Gasteiger partial charge < -0.3 is 10.1 Å². The molecule has 0 radical (unpaired) electrons. The number of carbonyl (C=O) groups is 1. The van der Waals surface area contributed by atoms with Crippen molar-refractivity contribution in [1.82, 2.24) is 38.7 Å². The second-order valence-electron chi connectivity index (χ2n) is 11.8. The fourth-order valence-electron chi connectivity index (χ4n) is 5.75. The van der Waals surface area contributed by atoms with Crippen molar-refractivity contribution in [2.75, 3.05) is 44.6 Å². The number of imidazole rings is 1. The Kier molecular flexibility index (Phi) is 8.18. The van der Waals surface area contributed by atoms with Crippen LogP contribution in [-0.2, 0) is 6.54 Å². The molecule has 0 spiro atoms. The first kappa shape index (κ1) is 28.9. The molecule has 1 aromatic carbocycles. The molecule has 1 N–H and O–H groups in total. The molecule has 0 atom stereocenters. The van der Waals surface area contributed by atoms with E-state index in [1.54, 1.807) is 10.6 Å². The molecule has 1 fully saturated rings. The molecule has 0 saturated carbocycles. The molecule has 6 rings (SSSR count). The number of hydrogen-bond donors (Lipinski definition) is 1. The summed E-state index contributed by atoms with van der Waals surface area (Å²) in [5.74, 6) is 0.508. The van der Waals surface area contributed by atoms with E-state index in [9.17, 15) is 4.79 Å². The monoisotopic (exact) mass is 583 g/mol. The molecule has 11 heteroatoms. The number of aromatic nitrogens is 6. The van der Waals surface area contributed by atoms with Gasteiger partial charge in [-0.15, -0.1) is 0 Å². The van der Waals surface area contributed by atoms with Crippen LogP contribution >= 0.6 is 0 Å². The lowest BCUT2D eigenvalue weighted by atomic mass is 10.1. The number of nitrogens with zero attached hydrogens (tertiary/aromatic N) is 8. The molecule has 5 aromatic rings. The van der Waals surface area contributed by atoms with Crippen LogP contribution in [-0.4, -0.2) is 90.0 Å². The summed E-state index contributed by atoms with van der Waals surface area (Å²) in [5.41, 5.74) is 4.54. The number of ether oxygens (including phenoxy) is 1. The minimum absolute atomic E-state index is 0.239. The number of benzene rings is 1. The van der Waals surface area contributed by atoms with Gasteiger partial charge in [-0.1, -0.05) is 6.07 Å². The zero-order valence-electron chi connectivity index (χ0n) is 25.7. The maximum Gasteiger partial charge on any atom is 0.274 e. The van der Waals surface area contributed by atoms with E-state index in [0.717, 1.165) is 60.8 Å². The summed E-state index contributed by atoms with van der Waals surface area (Å²) < 4.78 is 11.7. The van der Waals surface area contributed by atoms with Gasteiger partial charge in [0.25, 0.3) is 5.91 Å². The van der Waals surface area contributed by atoms with Gasteiger partial charge in [-0.3, -0.25) is 28.4 Å². The minimum atomic E-state index is -0.239. The van der Waals surface area contributed by atoms with Gasteiger partial charge in [-0.05, 0) is 58.9 Å². The Balaban J connectivity index is 1.12. The molecule has 43 heavy (non-hydrogen) atoms. The molecule has 1 aliphatic heterocycles. The van der Waals surface area contributed by atoms with Crippen LogP contribution in [0.2, 0.25) is 0 Å². The molecule has 0 aliphatic carbocycles. The van der Waals surface area contributed by atoms with Gasteiger partial charge in [0.1, 0.15) is 23.7 Å². The van der Waals surface area contributed by atoms with Crippen LogP contribution in [0, 0.1) is 6.92 Å². The van der Waals surface area contributed by atoms with Crippen LogP contribution in [0.25, 0.3) is 16.6 Å². The van der Waals surface area contributed by atoms with Crippen LogP contribution in [0.15, 0.2) is 55.0 Å². The van der Waals surface area contributed by atoms with Crippen molar-refractivity contribution >= 4 is 28.1 Å². The number of amides is 1. The van der Waals surface area contributed by atoms with E-state index in [1.165, 1.54) is 0 Å². The average Bonchev–Trinajstić information content (AvgIpc) is 3.71. The summed E-state index contributed by atoms with van der Waals surface area (Å²) in [6.45, 7) is 17.1. The fraction of sp³-hybridized carbons (Fsp3) is 0.438. The predicted octanol–water partition coefficient (Wildman–Crippen LogP) is 4.48. The average molecular weight is 584 g/mol. The molecule has 226 valence electrons. The predicted molar refractivity (Wildman–Crippen MR) is 168 cm³/mol. The Morgan fingerprint density at radius 2 is 1.81 bits per heavy atom. The van der Waals surface area contributed by atoms with E-state index in [2.05, 4.69) is 52.9 Å². The largest absolute Gasteiger partial charge is 0.492 e. The number of fused-ring (bicyclic) bond motifs is 2. The van der Waals surface area contributed by atoms with E-state index in [0.29, 0.717) is 42.3 Å². The Morgan fingerprint density at radius 1 is 1.00 bits per heavy atom. The second kappa shape index (κ2) is 12.2. The molecule has 0 bridgehead atoms. The molecule has 5 heterocycles. The molecular weight excluding hydrogens is 542 g/mol. The van der Waals surface area contributed by atoms with Crippen LogP contribution in [0.3, 0.4) is 0 Å². The lowest BCUT2D eigenvalue weighted by Crippen LogP contribution is -2.49. The van der Waals surface area contributed by atoms with E-state index >= 15 is 0 Å². The van der Waals surface area contributed by atoms with Crippen molar-refractivity contribution in [3.8, 4) is 5.75 Å². The Labute approximate surface area is 252 Å². The maximum absolute atomic E-state index is 13.5. The van der Waals surface area contributed by atoms with Crippen molar-refractivity contribution in [3.05, 3.63) is 72.1 Å². The quantitative estimate of drug-likeness (QED) is 0.259. The first-order chi connectivity index (χ1) is 20.8. The third kappa shape index (κ3) is 6.14. The molecule has 0 unspecified atom stereocenters. The molecule has 1 amide bonds. The Bertz CT molecular complexity index is 1720. The normalized spacial score (nSPS) is 14.9. The van der Waals surface area contributed by atoms with Crippen molar-refractivity contribution in [2.24, 2.45) is 0 Å². The number of carbonyl (C=O) groups excluding carboxylic acids is 1. The molecular formula is C32H41N9O2. The van der Waals surface area contributed by atoms with Crippen molar-refractivity contribution in [1.29, 1.82) is 0 Å². The third-order valence-electron chi connectivity index (χ3n) is 8.24. The minimum Gasteiger partial charge on any atom is -0.492 e. The van der Waals surface area contributed by atoms with Crippen LogP contribution in [0.4, 0.5) is 5.69 Å². The molecule has 11 nitrogen and oxygen atoms in total. The van der Waals surface area contributed by atoms with Gasteiger partial charge in [0.15, 0.2) is 0 Å². The van der Waals surface area contributed by atoms with Gasteiger partial charge in [0.2, 0.25) is 0 Å². The highest BCUT2D eigenvalue weighted by molar-refractivity contribution is 6.08. The van der Waals surface area contributed by atoms with Gasteiger partial charge in [-0.25, -0.2) is 4.98 Å². The zero-order valence-corrected chi connectivity index (χ0v) is 25.7. The maximum atomic E-state index is 13.5. The van der Waals surface area contributed by atoms with E-state index in [-0.39, 0.29) is 5.91 Å². The first-order valence-electron chi connectivity index (χ1n) is 15.1. The van der Waals surface area contributed by atoms with Crippen LogP contribution in [0.5, 0.6) is 5.75 Å². The van der Waals surface area contributed by atoms with E-state index in [4.69, 9.17) is 9.84 Å². The summed E-state index contributed by atoms with van der Waals surface area (Å²) in [6, 6.07) is 12.5. The highest BCUT2D eigenvalue weighted by Crippen LogP contribution is 2.28. The highest BCUT2D eigenvalue weighted by Gasteiger charge is 2.20. The Morgan fingerprint density at radius 3 is 2.56 bits per heavy atom. The van der Waals surface area contributed by atoms with E-state index in [1.807, 2.05) is 65.1 Å². The smallest absolute Gasteiger partial charge is 0.274 e. The first-order valence-corrected chi connectivity index (χ1v) is 15.1. The topological polar surface area (TPSA) is 97.8 Å². The second-order valence-corrected chi connectivity index (χ2v) is 11.8. The fourth-order valence-corrected chi connectivity index (χ4v) is 5.75. The van der Waals surface area contributed by atoms with Gasteiger partial charge in [0.05, 0.1) is 35.3 Å². The highest BCUT2D eigenvalue weighted by atomic mass is 16.5. The van der Waals surface area contributed by atoms with Crippen LogP contribution < -0.4 is 10.1 Å². The summed E-state index contributed by atoms with van der Waals surface area (Å²) in [6.07, 6.45) is 5.43. The molecule has 1 aliphatic rings. The number of rotatable bonds is 10. The zero-order chi connectivity index (χ0) is 30.1. The van der Waals surface area contributed by atoms with E-state index < -0.39 is 0 Å². The summed E-state index contributed by atoms with van der Waals surface area (Å²) in [4.78, 5) is 22.9. The molecule has 4 aromatic heterocycles. The van der Waals surface area contributed by atoms with Gasteiger partial charge in [0, 0.05) is 68.7 Å². The summed E-state index contributed by atoms with van der Waals surface area (Å²) in [5, 5.41) is 13.5. The van der Waals surface area contributed by atoms with Gasteiger partial charge in [-0.2, -0.15) is 10.2 Å². The lowest BCUT2D eigenvalue weighted by Gasteiger charge is -2.36. The number of piperazine rings is 1. The lowest BCUT2D eigenvalue weighted by molar-refractivity contribution is 0.0971. The summed E-state index contributed by atoms with van der Waals surface area (Å²) >= 11 is 0. The van der Waals surface area contributed by atoms with Crippen LogP contribution in [0.1, 0.15) is 55.6 Å².